The third-order valence-electron chi connectivity index (χ3n) is 3.20. The zero-order valence-electron chi connectivity index (χ0n) is 11.6. The van der Waals surface area contributed by atoms with Crippen LogP contribution in [0.25, 0.3) is 0 Å². The summed E-state index contributed by atoms with van der Waals surface area (Å²) < 4.78 is 11.0. The zero-order chi connectivity index (χ0) is 15.5. The number of para-hydroxylation sites is 1. The van der Waals surface area contributed by atoms with E-state index in [0.717, 1.165) is 5.56 Å². The minimum Gasteiger partial charge on any atom is -0.484 e. The molecule has 0 saturated carbocycles. The summed E-state index contributed by atoms with van der Waals surface area (Å²) in [5, 5.41) is 2.78. The SMILES string of the molecule is NC(=O)COc1ccc(C2NC(=O)c3ccccc3O2)cc1. The highest BCUT2D eigenvalue weighted by Gasteiger charge is 2.26. The average molecular weight is 298 g/mol. The third-order valence-corrected chi connectivity index (χ3v) is 3.20. The molecule has 1 unspecified atom stereocenters. The highest BCUT2D eigenvalue weighted by molar-refractivity contribution is 5.97. The first-order valence-electron chi connectivity index (χ1n) is 6.71. The summed E-state index contributed by atoms with van der Waals surface area (Å²) >= 11 is 0. The molecule has 0 radical (unpaired) electrons. The lowest BCUT2D eigenvalue weighted by Gasteiger charge is -2.27. The first kappa shape index (κ1) is 13.9. The zero-order valence-corrected chi connectivity index (χ0v) is 11.6. The molecule has 0 bridgehead atoms. The molecule has 0 aliphatic carbocycles. The molecular weight excluding hydrogens is 284 g/mol. The predicted octanol–water partition coefficient (Wildman–Crippen LogP) is 1.37. The third kappa shape index (κ3) is 2.85. The van der Waals surface area contributed by atoms with Crippen molar-refractivity contribution in [2.24, 2.45) is 5.73 Å². The summed E-state index contributed by atoms with van der Waals surface area (Å²) in [6.45, 7) is -0.177. The number of nitrogens with one attached hydrogen (secondary N) is 1. The number of hydrogen-bond donors (Lipinski definition) is 2. The van der Waals surface area contributed by atoms with Crippen molar-refractivity contribution >= 4 is 11.8 Å². The van der Waals surface area contributed by atoms with Gasteiger partial charge in [0.1, 0.15) is 11.5 Å². The quantitative estimate of drug-likeness (QED) is 0.892. The van der Waals surface area contributed by atoms with Crippen molar-refractivity contribution in [2.75, 3.05) is 6.61 Å². The maximum absolute atomic E-state index is 12.0. The van der Waals surface area contributed by atoms with Gasteiger partial charge in [-0.2, -0.15) is 0 Å². The van der Waals surface area contributed by atoms with Gasteiger partial charge in [-0.25, -0.2) is 0 Å². The van der Waals surface area contributed by atoms with Gasteiger partial charge in [0.15, 0.2) is 12.8 Å². The molecule has 1 atom stereocenters. The molecule has 0 fully saturated rings. The highest BCUT2D eigenvalue weighted by Crippen LogP contribution is 2.29. The van der Waals surface area contributed by atoms with Crippen molar-refractivity contribution in [3.05, 3.63) is 59.7 Å². The Hall–Kier alpha value is -3.02. The maximum atomic E-state index is 12.0. The fourth-order valence-corrected chi connectivity index (χ4v) is 2.15. The van der Waals surface area contributed by atoms with Crippen LogP contribution in [0.5, 0.6) is 11.5 Å². The standard InChI is InChI=1S/C16H14N2O4/c17-14(19)9-21-11-7-5-10(6-8-11)16-18-15(20)12-3-1-2-4-13(12)22-16/h1-8,16H,9H2,(H2,17,19)(H,18,20). The summed E-state index contributed by atoms with van der Waals surface area (Å²) in [6.07, 6.45) is -0.562. The largest absolute Gasteiger partial charge is 0.484 e. The van der Waals surface area contributed by atoms with Crippen molar-refractivity contribution in [1.29, 1.82) is 0 Å². The molecule has 1 aliphatic heterocycles. The number of nitrogens with two attached hydrogens (primary N) is 1. The Morgan fingerprint density at radius 2 is 1.91 bits per heavy atom. The van der Waals surface area contributed by atoms with Gasteiger partial charge in [0.25, 0.3) is 11.8 Å². The fraction of sp³-hybridized carbons (Fsp3) is 0.125. The summed E-state index contributed by atoms with van der Waals surface area (Å²) in [6, 6.07) is 14.0. The molecule has 0 aromatic heterocycles. The van der Waals surface area contributed by atoms with Crippen LogP contribution in [0.1, 0.15) is 22.1 Å². The second kappa shape index (κ2) is 5.77. The molecule has 3 rings (SSSR count). The van der Waals surface area contributed by atoms with Crippen LogP contribution < -0.4 is 20.5 Å². The molecule has 2 amide bonds. The Bertz CT molecular complexity index is 712. The van der Waals surface area contributed by atoms with Crippen molar-refractivity contribution in [3.63, 3.8) is 0 Å². The first-order chi connectivity index (χ1) is 10.6. The number of benzene rings is 2. The molecule has 0 saturated heterocycles. The Balaban J connectivity index is 1.75. The number of primary amides is 1. The van der Waals surface area contributed by atoms with Gasteiger partial charge >= 0.3 is 0 Å². The minimum atomic E-state index is -0.562. The van der Waals surface area contributed by atoms with Gasteiger partial charge in [-0.15, -0.1) is 0 Å². The van der Waals surface area contributed by atoms with E-state index in [-0.39, 0.29) is 12.5 Å². The smallest absolute Gasteiger partial charge is 0.258 e. The van der Waals surface area contributed by atoms with Gasteiger partial charge in [0.2, 0.25) is 0 Å². The molecule has 1 heterocycles. The molecule has 6 heteroatoms. The molecular formula is C16H14N2O4. The van der Waals surface area contributed by atoms with E-state index in [9.17, 15) is 9.59 Å². The fourth-order valence-electron chi connectivity index (χ4n) is 2.15. The Labute approximate surface area is 126 Å². The van der Waals surface area contributed by atoms with Crippen molar-refractivity contribution in [1.82, 2.24) is 5.32 Å². The van der Waals surface area contributed by atoms with Gasteiger partial charge in [0, 0.05) is 5.56 Å². The van der Waals surface area contributed by atoms with Crippen LogP contribution in [0.15, 0.2) is 48.5 Å². The van der Waals surface area contributed by atoms with Crippen LogP contribution in [0.2, 0.25) is 0 Å². The normalized spacial score (nSPS) is 16.2. The van der Waals surface area contributed by atoms with Crippen LogP contribution >= 0.6 is 0 Å². The molecule has 2 aromatic rings. The number of rotatable bonds is 4. The number of ether oxygens (including phenoxy) is 2. The summed E-state index contributed by atoms with van der Waals surface area (Å²) in [5.41, 5.74) is 6.30. The van der Waals surface area contributed by atoms with Crippen molar-refractivity contribution in [2.45, 2.75) is 6.23 Å². The number of carbonyl (C=O) groups is 2. The monoisotopic (exact) mass is 298 g/mol. The molecule has 1 aliphatic rings. The van der Waals surface area contributed by atoms with E-state index >= 15 is 0 Å². The van der Waals surface area contributed by atoms with Crippen molar-refractivity contribution in [3.8, 4) is 11.5 Å². The lowest BCUT2D eigenvalue weighted by molar-refractivity contribution is -0.119. The summed E-state index contributed by atoms with van der Waals surface area (Å²) in [4.78, 5) is 22.7. The molecule has 2 aromatic carbocycles. The van der Waals surface area contributed by atoms with Crippen LogP contribution in [0.4, 0.5) is 0 Å². The highest BCUT2D eigenvalue weighted by atomic mass is 16.5. The van der Waals surface area contributed by atoms with Crippen LogP contribution in [-0.4, -0.2) is 18.4 Å². The Morgan fingerprint density at radius 3 is 2.64 bits per heavy atom. The van der Waals surface area contributed by atoms with Crippen LogP contribution in [-0.2, 0) is 4.79 Å². The second-order valence-electron chi connectivity index (χ2n) is 4.79. The van der Waals surface area contributed by atoms with E-state index < -0.39 is 12.1 Å². The van der Waals surface area contributed by atoms with Crippen LogP contribution in [0.3, 0.4) is 0 Å². The molecule has 22 heavy (non-hydrogen) atoms. The Morgan fingerprint density at radius 1 is 1.18 bits per heavy atom. The number of amides is 2. The lowest BCUT2D eigenvalue weighted by Crippen LogP contribution is -2.36. The average Bonchev–Trinajstić information content (AvgIpc) is 2.53. The Kier molecular flexibility index (Phi) is 3.65. The minimum absolute atomic E-state index is 0.177. The van der Waals surface area contributed by atoms with E-state index in [0.29, 0.717) is 17.1 Å². The van der Waals surface area contributed by atoms with Gasteiger partial charge in [-0.3, -0.25) is 9.59 Å². The summed E-state index contributed by atoms with van der Waals surface area (Å²) in [7, 11) is 0. The van der Waals surface area contributed by atoms with Crippen LogP contribution in [0, 0.1) is 0 Å². The summed E-state index contributed by atoms with van der Waals surface area (Å²) in [5.74, 6) is 0.347. The molecule has 6 nitrogen and oxygen atoms in total. The number of fused-ring (bicyclic) bond motifs is 1. The predicted molar refractivity (Wildman–Crippen MR) is 78.4 cm³/mol. The molecule has 0 spiro atoms. The maximum Gasteiger partial charge on any atom is 0.258 e. The number of hydrogen-bond acceptors (Lipinski definition) is 4. The van der Waals surface area contributed by atoms with E-state index in [1.54, 1.807) is 42.5 Å². The van der Waals surface area contributed by atoms with E-state index in [1.165, 1.54) is 0 Å². The van der Waals surface area contributed by atoms with Gasteiger partial charge in [0.05, 0.1) is 5.56 Å². The molecule has 3 N–H and O–H groups in total. The van der Waals surface area contributed by atoms with Gasteiger partial charge in [-0.1, -0.05) is 12.1 Å². The van der Waals surface area contributed by atoms with E-state index in [1.807, 2.05) is 6.07 Å². The second-order valence-corrected chi connectivity index (χ2v) is 4.79. The molecule has 112 valence electrons. The van der Waals surface area contributed by atoms with Gasteiger partial charge < -0.3 is 20.5 Å². The van der Waals surface area contributed by atoms with E-state index in [4.69, 9.17) is 15.2 Å². The topological polar surface area (TPSA) is 90.7 Å². The number of carbonyl (C=O) groups excluding carboxylic acids is 2. The lowest BCUT2D eigenvalue weighted by atomic mass is 10.1. The van der Waals surface area contributed by atoms with E-state index in [2.05, 4.69) is 5.32 Å². The van der Waals surface area contributed by atoms with Gasteiger partial charge in [-0.05, 0) is 36.4 Å². The first-order valence-corrected chi connectivity index (χ1v) is 6.71. The van der Waals surface area contributed by atoms with Crippen molar-refractivity contribution < 1.29 is 19.1 Å².